The van der Waals surface area contributed by atoms with Gasteiger partial charge < -0.3 is 10.8 Å². The third-order valence-corrected chi connectivity index (χ3v) is 2.76. The van der Waals surface area contributed by atoms with Crippen molar-refractivity contribution >= 4 is 27.9 Å². The maximum atomic E-state index is 9.10. The smallest absolute Gasteiger partial charge is 0.186 e. The summed E-state index contributed by atoms with van der Waals surface area (Å²) in [5, 5.41) is 9.69. The van der Waals surface area contributed by atoms with Crippen LogP contribution < -0.4 is 5.73 Å². The van der Waals surface area contributed by atoms with Crippen molar-refractivity contribution in [3.63, 3.8) is 0 Å². The minimum Gasteiger partial charge on any atom is -0.508 e. The Kier molecular flexibility index (Phi) is 2.31. The van der Waals surface area contributed by atoms with Gasteiger partial charge in [0.25, 0.3) is 0 Å². The van der Waals surface area contributed by atoms with Crippen molar-refractivity contribution in [1.82, 2.24) is 4.98 Å². The summed E-state index contributed by atoms with van der Waals surface area (Å²) in [5.74, 6) is 0.216. The van der Waals surface area contributed by atoms with Gasteiger partial charge in [-0.1, -0.05) is 22.9 Å². The number of nitrogen functional groups attached to an aromatic ring is 1. The molecular weight excluding hydrogens is 220 g/mol. The number of thiazole rings is 1. The summed E-state index contributed by atoms with van der Waals surface area (Å²) < 4.78 is 0.422. The molecule has 0 radical (unpaired) electrons. The molecule has 1 aromatic carbocycles. The van der Waals surface area contributed by atoms with Gasteiger partial charge in [0.1, 0.15) is 16.4 Å². The summed E-state index contributed by atoms with van der Waals surface area (Å²) in [6, 6.07) is 6.66. The van der Waals surface area contributed by atoms with Crippen LogP contribution in [0.4, 0.5) is 5.00 Å². The normalized spacial score (nSPS) is 10.4. The first kappa shape index (κ1) is 9.30. The lowest BCUT2D eigenvalue weighted by atomic mass is 10.1. The summed E-state index contributed by atoms with van der Waals surface area (Å²) >= 11 is 6.96. The van der Waals surface area contributed by atoms with E-state index < -0.39 is 0 Å². The highest BCUT2D eigenvalue weighted by molar-refractivity contribution is 7.19. The number of benzene rings is 1. The van der Waals surface area contributed by atoms with Gasteiger partial charge in [0.2, 0.25) is 0 Å². The lowest BCUT2D eigenvalue weighted by Gasteiger charge is -1.97. The van der Waals surface area contributed by atoms with E-state index in [1.807, 2.05) is 0 Å². The second kappa shape index (κ2) is 3.48. The quantitative estimate of drug-likeness (QED) is 0.786. The first-order valence-corrected chi connectivity index (χ1v) is 5.07. The van der Waals surface area contributed by atoms with Gasteiger partial charge in [0.05, 0.1) is 0 Å². The molecule has 1 heterocycles. The van der Waals surface area contributed by atoms with Gasteiger partial charge in [-0.3, -0.25) is 0 Å². The Labute approximate surface area is 89.8 Å². The molecule has 5 heteroatoms. The number of phenols is 1. The molecule has 0 bridgehead atoms. The molecule has 3 N–H and O–H groups in total. The van der Waals surface area contributed by atoms with Crippen molar-refractivity contribution in [2.24, 2.45) is 0 Å². The van der Waals surface area contributed by atoms with E-state index in [2.05, 4.69) is 4.98 Å². The topological polar surface area (TPSA) is 59.1 Å². The summed E-state index contributed by atoms with van der Waals surface area (Å²) in [7, 11) is 0. The first-order chi connectivity index (χ1) is 6.66. The molecule has 0 saturated heterocycles. The van der Waals surface area contributed by atoms with Crippen molar-refractivity contribution in [2.45, 2.75) is 0 Å². The maximum absolute atomic E-state index is 9.10. The van der Waals surface area contributed by atoms with Gasteiger partial charge in [0, 0.05) is 5.56 Å². The minimum atomic E-state index is 0.216. The molecule has 0 aliphatic rings. The number of anilines is 1. The standard InChI is InChI=1S/C9H7ClN2OS/c10-9-12-7(8(11)14-9)5-1-3-6(13)4-2-5/h1-4,13H,11H2. The number of phenolic OH excluding ortho intramolecular Hbond substituents is 1. The molecule has 0 spiro atoms. The van der Waals surface area contributed by atoms with E-state index in [4.69, 9.17) is 22.4 Å². The van der Waals surface area contributed by atoms with Gasteiger partial charge in [-0.15, -0.1) is 0 Å². The summed E-state index contributed by atoms with van der Waals surface area (Å²) in [4.78, 5) is 4.09. The largest absolute Gasteiger partial charge is 0.508 e. The Hall–Kier alpha value is -1.26. The van der Waals surface area contributed by atoms with Crippen LogP contribution >= 0.6 is 22.9 Å². The monoisotopic (exact) mass is 226 g/mol. The molecule has 0 fully saturated rings. The van der Waals surface area contributed by atoms with Crippen LogP contribution in [-0.2, 0) is 0 Å². The van der Waals surface area contributed by atoms with E-state index in [0.717, 1.165) is 5.56 Å². The van der Waals surface area contributed by atoms with Gasteiger partial charge in [0.15, 0.2) is 4.47 Å². The Morgan fingerprint density at radius 3 is 2.43 bits per heavy atom. The molecule has 2 aromatic rings. The highest BCUT2D eigenvalue weighted by atomic mass is 35.5. The molecule has 3 nitrogen and oxygen atoms in total. The highest BCUT2D eigenvalue weighted by Crippen LogP contribution is 2.33. The van der Waals surface area contributed by atoms with Crippen LogP contribution in [-0.4, -0.2) is 10.1 Å². The van der Waals surface area contributed by atoms with Crippen LogP contribution in [0.15, 0.2) is 24.3 Å². The second-order valence-electron chi connectivity index (χ2n) is 2.73. The molecule has 1 aromatic heterocycles. The fraction of sp³-hybridized carbons (Fsp3) is 0. The number of nitrogens with zero attached hydrogens (tertiary/aromatic N) is 1. The zero-order chi connectivity index (χ0) is 10.1. The Balaban J connectivity index is 2.49. The average molecular weight is 227 g/mol. The fourth-order valence-corrected chi connectivity index (χ4v) is 2.04. The van der Waals surface area contributed by atoms with Gasteiger partial charge in [-0.05, 0) is 24.3 Å². The number of aromatic hydroxyl groups is 1. The Morgan fingerprint density at radius 1 is 1.29 bits per heavy atom. The molecule has 14 heavy (non-hydrogen) atoms. The van der Waals surface area contributed by atoms with Crippen LogP contribution in [0.3, 0.4) is 0 Å². The van der Waals surface area contributed by atoms with Crippen molar-refractivity contribution in [1.29, 1.82) is 0 Å². The predicted molar refractivity (Wildman–Crippen MR) is 58.6 cm³/mol. The minimum absolute atomic E-state index is 0.216. The van der Waals surface area contributed by atoms with Crippen molar-refractivity contribution < 1.29 is 5.11 Å². The van der Waals surface area contributed by atoms with Crippen LogP contribution in [0.2, 0.25) is 4.47 Å². The molecule has 0 amide bonds. The van der Waals surface area contributed by atoms with Gasteiger partial charge in [-0.25, -0.2) is 4.98 Å². The zero-order valence-corrected chi connectivity index (χ0v) is 8.64. The zero-order valence-electron chi connectivity index (χ0n) is 7.07. The SMILES string of the molecule is Nc1sc(Cl)nc1-c1ccc(O)cc1. The molecule has 72 valence electrons. The number of halogens is 1. The molecule has 0 unspecified atom stereocenters. The van der Waals surface area contributed by atoms with Crippen LogP contribution in [0.25, 0.3) is 11.3 Å². The summed E-state index contributed by atoms with van der Waals surface area (Å²) in [6.07, 6.45) is 0. The van der Waals surface area contributed by atoms with E-state index >= 15 is 0 Å². The maximum Gasteiger partial charge on any atom is 0.186 e. The Morgan fingerprint density at radius 2 is 1.93 bits per heavy atom. The molecule has 0 saturated carbocycles. The van der Waals surface area contributed by atoms with Crippen molar-refractivity contribution in [3.05, 3.63) is 28.7 Å². The number of hydrogen-bond donors (Lipinski definition) is 2. The average Bonchev–Trinajstić information content (AvgIpc) is 2.47. The molecule has 2 rings (SSSR count). The fourth-order valence-electron chi connectivity index (χ4n) is 1.13. The van der Waals surface area contributed by atoms with Crippen LogP contribution in [0.5, 0.6) is 5.75 Å². The number of nitrogens with two attached hydrogens (primary N) is 1. The number of rotatable bonds is 1. The lowest BCUT2D eigenvalue weighted by molar-refractivity contribution is 0.475. The van der Waals surface area contributed by atoms with Crippen LogP contribution in [0, 0.1) is 0 Å². The van der Waals surface area contributed by atoms with Gasteiger partial charge in [-0.2, -0.15) is 0 Å². The van der Waals surface area contributed by atoms with E-state index in [9.17, 15) is 0 Å². The van der Waals surface area contributed by atoms with Crippen molar-refractivity contribution in [2.75, 3.05) is 5.73 Å². The molecule has 0 atom stereocenters. The predicted octanol–water partition coefficient (Wildman–Crippen LogP) is 2.75. The highest BCUT2D eigenvalue weighted by Gasteiger charge is 2.08. The summed E-state index contributed by atoms with van der Waals surface area (Å²) in [5.41, 5.74) is 7.24. The third-order valence-electron chi connectivity index (χ3n) is 1.77. The summed E-state index contributed by atoms with van der Waals surface area (Å²) in [6.45, 7) is 0. The number of hydrogen-bond acceptors (Lipinski definition) is 4. The van der Waals surface area contributed by atoms with Gasteiger partial charge >= 0.3 is 0 Å². The third kappa shape index (κ3) is 1.66. The molecule has 0 aliphatic heterocycles. The van der Waals surface area contributed by atoms with Crippen LogP contribution in [0.1, 0.15) is 0 Å². The first-order valence-electron chi connectivity index (χ1n) is 3.88. The second-order valence-corrected chi connectivity index (χ2v) is 4.34. The Bertz CT molecular complexity index is 452. The number of aromatic nitrogens is 1. The van der Waals surface area contributed by atoms with Crippen molar-refractivity contribution in [3.8, 4) is 17.0 Å². The van der Waals surface area contributed by atoms with E-state index in [1.54, 1.807) is 24.3 Å². The van der Waals surface area contributed by atoms with E-state index in [-0.39, 0.29) is 5.75 Å². The van der Waals surface area contributed by atoms with E-state index in [0.29, 0.717) is 15.2 Å². The molecular formula is C9H7ClN2OS. The van der Waals surface area contributed by atoms with E-state index in [1.165, 1.54) is 11.3 Å². The lowest BCUT2D eigenvalue weighted by Crippen LogP contribution is -1.84. The molecule has 0 aliphatic carbocycles.